The number of carbonyl (C=O) groups is 2. The van der Waals surface area contributed by atoms with Gasteiger partial charge in [-0.1, -0.05) is 20.8 Å². The molecule has 2 amide bonds. The Bertz CT molecular complexity index is 344. The minimum atomic E-state index is -0.801. The summed E-state index contributed by atoms with van der Waals surface area (Å²) in [5.74, 6) is 0.998. The number of hydrogen-bond donors (Lipinski definition) is 2. The molecule has 2 unspecified atom stereocenters. The van der Waals surface area contributed by atoms with Crippen molar-refractivity contribution < 1.29 is 14.7 Å². The van der Waals surface area contributed by atoms with Gasteiger partial charge in [0.1, 0.15) is 0 Å². The van der Waals surface area contributed by atoms with Gasteiger partial charge in [0, 0.05) is 26.6 Å². The molecule has 2 N–H and O–H groups in total. The summed E-state index contributed by atoms with van der Waals surface area (Å²) in [5.41, 5.74) is 0. The number of nitrogens with zero attached hydrogens (tertiary/aromatic N) is 1. The molecule has 0 saturated heterocycles. The number of carboxylic acids is 1. The highest BCUT2D eigenvalue weighted by atomic mass is 16.4. The normalized spacial score (nSPS) is 22.4. The van der Waals surface area contributed by atoms with Crippen LogP contribution in [0.2, 0.25) is 0 Å². The molecule has 1 saturated carbocycles. The third kappa shape index (κ3) is 6.26. The molecule has 0 spiro atoms. The molecule has 3 atom stereocenters. The zero-order chi connectivity index (χ0) is 15.3. The van der Waals surface area contributed by atoms with Crippen molar-refractivity contribution in [2.24, 2.45) is 23.7 Å². The van der Waals surface area contributed by atoms with Crippen LogP contribution in [0.4, 0.5) is 4.79 Å². The van der Waals surface area contributed by atoms with Crippen LogP contribution in [-0.2, 0) is 4.79 Å². The molecule has 0 aromatic carbocycles. The Morgan fingerprint density at radius 2 is 2.00 bits per heavy atom. The Morgan fingerprint density at radius 1 is 1.40 bits per heavy atom. The Hall–Kier alpha value is -1.26. The van der Waals surface area contributed by atoms with Crippen molar-refractivity contribution in [3.05, 3.63) is 0 Å². The number of hydrogen-bond acceptors (Lipinski definition) is 2. The average molecular weight is 284 g/mol. The molecule has 5 nitrogen and oxygen atoms in total. The van der Waals surface area contributed by atoms with Crippen LogP contribution in [0.1, 0.15) is 40.0 Å². The Morgan fingerprint density at radius 3 is 2.45 bits per heavy atom. The molecular formula is C15H28N2O3. The molecule has 0 bridgehead atoms. The first-order valence-electron chi connectivity index (χ1n) is 7.50. The highest BCUT2D eigenvalue weighted by molar-refractivity contribution is 5.74. The first-order valence-corrected chi connectivity index (χ1v) is 7.50. The number of carbonyl (C=O) groups excluding carboxylic acids is 1. The lowest BCUT2D eigenvalue weighted by atomic mass is 9.94. The van der Waals surface area contributed by atoms with Crippen LogP contribution in [-0.4, -0.2) is 42.1 Å². The van der Waals surface area contributed by atoms with E-state index in [1.54, 1.807) is 11.9 Å². The van der Waals surface area contributed by atoms with E-state index in [0.717, 1.165) is 18.9 Å². The summed E-state index contributed by atoms with van der Waals surface area (Å²) in [7, 11) is 1.80. The molecule has 1 aliphatic rings. The molecule has 1 rings (SSSR count). The lowest BCUT2D eigenvalue weighted by Gasteiger charge is -2.22. The van der Waals surface area contributed by atoms with E-state index in [2.05, 4.69) is 26.1 Å². The minimum Gasteiger partial charge on any atom is -0.481 e. The molecule has 20 heavy (non-hydrogen) atoms. The highest BCUT2D eigenvalue weighted by Gasteiger charge is 2.34. The Balaban J connectivity index is 2.32. The monoisotopic (exact) mass is 284 g/mol. The zero-order valence-corrected chi connectivity index (χ0v) is 13.1. The second-order valence-corrected chi connectivity index (χ2v) is 6.63. The summed E-state index contributed by atoms with van der Waals surface area (Å²) in [6, 6.07) is -0.0942. The third-order valence-corrected chi connectivity index (χ3v) is 3.94. The van der Waals surface area contributed by atoms with E-state index in [-0.39, 0.29) is 18.4 Å². The van der Waals surface area contributed by atoms with Gasteiger partial charge >= 0.3 is 12.0 Å². The first-order chi connectivity index (χ1) is 9.29. The third-order valence-electron chi connectivity index (χ3n) is 3.94. The molecule has 1 aliphatic carbocycles. The van der Waals surface area contributed by atoms with Gasteiger partial charge in [0.05, 0.1) is 0 Å². The number of rotatable bonds is 8. The molecule has 0 radical (unpaired) electrons. The van der Waals surface area contributed by atoms with Crippen molar-refractivity contribution in [1.82, 2.24) is 10.2 Å². The second-order valence-electron chi connectivity index (χ2n) is 6.63. The van der Waals surface area contributed by atoms with Gasteiger partial charge in [-0.3, -0.25) is 4.79 Å². The largest absolute Gasteiger partial charge is 0.481 e. The van der Waals surface area contributed by atoms with E-state index in [1.807, 2.05) is 0 Å². The predicted molar refractivity (Wildman–Crippen MR) is 78.5 cm³/mol. The molecule has 0 aliphatic heterocycles. The van der Waals surface area contributed by atoms with Gasteiger partial charge in [-0.15, -0.1) is 0 Å². The first kappa shape index (κ1) is 16.8. The summed E-state index contributed by atoms with van der Waals surface area (Å²) >= 11 is 0. The fourth-order valence-electron chi connectivity index (χ4n) is 2.61. The standard InChI is InChI=1S/C15H28N2O3/c1-10(2)5-12(7-14(18)19)8-16-15(20)17(4)9-13-6-11(13)3/h10-13H,5-9H2,1-4H3,(H,16,20)(H,18,19)/t11?,12-,13?/m0/s1. The van der Waals surface area contributed by atoms with Crippen LogP contribution in [0.5, 0.6) is 0 Å². The van der Waals surface area contributed by atoms with Crippen molar-refractivity contribution in [2.45, 2.75) is 40.0 Å². The lowest BCUT2D eigenvalue weighted by Crippen LogP contribution is -2.41. The topological polar surface area (TPSA) is 69.6 Å². The molecule has 0 aromatic rings. The predicted octanol–water partition coefficient (Wildman–Crippen LogP) is 2.42. The van der Waals surface area contributed by atoms with Crippen molar-refractivity contribution >= 4 is 12.0 Å². The quantitative estimate of drug-likeness (QED) is 0.719. The van der Waals surface area contributed by atoms with Gasteiger partial charge in [0.2, 0.25) is 0 Å². The number of urea groups is 1. The van der Waals surface area contributed by atoms with Crippen LogP contribution in [0.15, 0.2) is 0 Å². The SMILES string of the molecule is CC(C)C[C@H](CNC(=O)N(C)CC1CC1C)CC(=O)O. The maximum absolute atomic E-state index is 12.0. The van der Waals surface area contributed by atoms with E-state index in [0.29, 0.717) is 18.4 Å². The van der Waals surface area contributed by atoms with E-state index in [1.165, 1.54) is 6.42 Å². The zero-order valence-electron chi connectivity index (χ0n) is 13.1. The molecule has 116 valence electrons. The van der Waals surface area contributed by atoms with Crippen LogP contribution in [0.3, 0.4) is 0 Å². The van der Waals surface area contributed by atoms with Gasteiger partial charge in [-0.05, 0) is 36.5 Å². The van der Waals surface area contributed by atoms with Gasteiger partial charge in [0.15, 0.2) is 0 Å². The van der Waals surface area contributed by atoms with E-state index in [9.17, 15) is 9.59 Å². The summed E-state index contributed by atoms with van der Waals surface area (Å²) in [4.78, 5) is 24.5. The van der Waals surface area contributed by atoms with Gasteiger partial charge in [-0.2, -0.15) is 0 Å². The van der Waals surface area contributed by atoms with Crippen LogP contribution in [0.25, 0.3) is 0 Å². The number of nitrogens with one attached hydrogen (secondary N) is 1. The summed E-state index contributed by atoms with van der Waals surface area (Å²) in [5, 5.41) is 11.8. The van der Waals surface area contributed by atoms with Crippen molar-refractivity contribution in [1.29, 1.82) is 0 Å². The van der Waals surface area contributed by atoms with Gasteiger partial charge in [0.25, 0.3) is 0 Å². The fraction of sp³-hybridized carbons (Fsp3) is 0.867. The van der Waals surface area contributed by atoms with Crippen molar-refractivity contribution in [3.63, 3.8) is 0 Å². The molecule has 0 aromatic heterocycles. The Labute approximate surface area is 121 Å². The number of carboxylic acid groups (broad SMARTS) is 1. The highest BCUT2D eigenvalue weighted by Crippen LogP contribution is 2.37. The van der Waals surface area contributed by atoms with Crippen LogP contribution >= 0.6 is 0 Å². The van der Waals surface area contributed by atoms with Crippen LogP contribution < -0.4 is 5.32 Å². The lowest BCUT2D eigenvalue weighted by molar-refractivity contribution is -0.138. The smallest absolute Gasteiger partial charge is 0.317 e. The second kappa shape index (κ2) is 7.50. The molecule has 0 heterocycles. The van der Waals surface area contributed by atoms with E-state index < -0.39 is 5.97 Å². The van der Waals surface area contributed by atoms with Crippen molar-refractivity contribution in [2.75, 3.05) is 20.1 Å². The van der Waals surface area contributed by atoms with Gasteiger partial charge in [-0.25, -0.2) is 4.79 Å². The summed E-state index contributed by atoms with van der Waals surface area (Å²) in [6.07, 6.45) is 2.13. The van der Waals surface area contributed by atoms with Crippen LogP contribution in [0, 0.1) is 23.7 Å². The Kier molecular flexibility index (Phi) is 6.30. The fourth-order valence-corrected chi connectivity index (χ4v) is 2.61. The minimum absolute atomic E-state index is 0.00435. The molecular weight excluding hydrogens is 256 g/mol. The molecule has 5 heteroatoms. The molecule has 1 fully saturated rings. The maximum atomic E-state index is 12.0. The van der Waals surface area contributed by atoms with E-state index >= 15 is 0 Å². The van der Waals surface area contributed by atoms with E-state index in [4.69, 9.17) is 5.11 Å². The number of aliphatic carboxylic acids is 1. The number of amides is 2. The summed E-state index contributed by atoms with van der Waals surface area (Å²) < 4.78 is 0. The maximum Gasteiger partial charge on any atom is 0.317 e. The van der Waals surface area contributed by atoms with Gasteiger partial charge < -0.3 is 15.3 Å². The summed E-state index contributed by atoms with van der Waals surface area (Å²) in [6.45, 7) is 7.56. The average Bonchev–Trinajstić information content (AvgIpc) is 2.99. The van der Waals surface area contributed by atoms with Crippen molar-refractivity contribution in [3.8, 4) is 0 Å².